The number of aliphatic carboxylic acids is 1. The Labute approximate surface area is 211 Å². The van der Waals surface area contributed by atoms with E-state index in [-0.39, 0.29) is 18.6 Å². The van der Waals surface area contributed by atoms with E-state index >= 15 is 0 Å². The first-order valence-electron chi connectivity index (χ1n) is 11.2. The monoisotopic (exact) mass is 544 g/mol. The minimum Gasteiger partial charge on any atom is -0.490 e. The zero-order chi connectivity index (χ0) is 25.9. The standard InChI is InChI=1S/C25H29BrN4O5/c1-14(2)35-21-11-10-19(12-20(21)26)27-23-28-24(33)30(17(5)16(4)22(31)32)25(34)29(23)13-18-8-6-15(3)7-9-18/h6-12,14,16-17H,13H2,1-5H3,(H,31,32)(H,27,28,33)/t16-,17+/m1/s1. The van der Waals surface area contributed by atoms with Crippen molar-refractivity contribution in [2.75, 3.05) is 5.32 Å². The Morgan fingerprint density at radius 1 is 1.11 bits per heavy atom. The van der Waals surface area contributed by atoms with E-state index in [2.05, 4.69) is 26.2 Å². The molecule has 35 heavy (non-hydrogen) atoms. The maximum atomic E-state index is 13.5. The number of halogens is 1. The van der Waals surface area contributed by atoms with E-state index < -0.39 is 29.3 Å². The van der Waals surface area contributed by atoms with Gasteiger partial charge in [0, 0.05) is 5.69 Å². The number of ether oxygens (including phenoxy) is 1. The van der Waals surface area contributed by atoms with Crippen molar-refractivity contribution in [3.8, 4) is 5.75 Å². The molecule has 0 aliphatic carbocycles. The molecule has 0 fully saturated rings. The second-order valence-electron chi connectivity index (χ2n) is 8.75. The average Bonchev–Trinajstić information content (AvgIpc) is 2.78. The highest BCUT2D eigenvalue weighted by Gasteiger charge is 2.26. The Morgan fingerprint density at radius 2 is 1.77 bits per heavy atom. The van der Waals surface area contributed by atoms with Gasteiger partial charge in [0.15, 0.2) is 0 Å². The predicted molar refractivity (Wildman–Crippen MR) is 138 cm³/mol. The summed E-state index contributed by atoms with van der Waals surface area (Å²) >= 11 is 3.48. The van der Waals surface area contributed by atoms with Crippen molar-refractivity contribution < 1.29 is 14.6 Å². The SMILES string of the molecule is Cc1ccc(Cn2c(Nc3ccc(OC(C)C)c(Br)c3)nc(=O)n([C@@H](C)[C@@H](C)C(=O)O)c2=O)cc1. The maximum Gasteiger partial charge on any atom is 0.355 e. The summed E-state index contributed by atoms with van der Waals surface area (Å²) in [4.78, 5) is 42.0. The number of carboxylic acid groups (broad SMARTS) is 1. The smallest absolute Gasteiger partial charge is 0.355 e. The quantitative estimate of drug-likeness (QED) is 0.411. The van der Waals surface area contributed by atoms with Gasteiger partial charge in [-0.1, -0.05) is 29.8 Å². The van der Waals surface area contributed by atoms with Gasteiger partial charge in [0.25, 0.3) is 0 Å². The molecular formula is C25H29BrN4O5. The van der Waals surface area contributed by atoms with Crippen LogP contribution in [0.15, 0.2) is 56.5 Å². The van der Waals surface area contributed by atoms with Crippen LogP contribution >= 0.6 is 15.9 Å². The lowest BCUT2D eigenvalue weighted by atomic mass is 10.0. The van der Waals surface area contributed by atoms with Gasteiger partial charge in [0.05, 0.1) is 29.1 Å². The van der Waals surface area contributed by atoms with Crippen LogP contribution < -0.4 is 21.4 Å². The molecule has 2 aromatic carbocycles. The van der Waals surface area contributed by atoms with Crippen molar-refractivity contribution in [3.63, 3.8) is 0 Å². The lowest BCUT2D eigenvalue weighted by molar-refractivity contribution is -0.142. The summed E-state index contributed by atoms with van der Waals surface area (Å²) in [5, 5.41) is 12.5. The molecule has 10 heteroatoms. The Kier molecular flexibility index (Phi) is 8.16. The van der Waals surface area contributed by atoms with E-state index in [0.717, 1.165) is 15.7 Å². The number of benzene rings is 2. The van der Waals surface area contributed by atoms with E-state index in [9.17, 15) is 19.5 Å². The van der Waals surface area contributed by atoms with Gasteiger partial charge >= 0.3 is 17.3 Å². The number of nitrogens with one attached hydrogen (secondary N) is 1. The largest absolute Gasteiger partial charge is 0.490 e. The van der Waals surface area contributed by atoms with Gasteiger partial charge in [-0.25, -0.2) is 14.2 Å². The molecule has 3 aromatic rings. The van der Waals surface area contributed by atoms with Crippen LogP contribution in [0.2, 0.25) is 0 Å². The van der Waals surface area contributed by atoms with Gasteiger partial charge in [-0.3, -0.25) is 9.36 Å². The number of aryl methyl sites for hydroxylation is 1. The van der Waals surface area contributed by atoms with Crippen molar-refractivity contribution in [2.24, 2.45) is 5.92 Å². The number of rotatable bonds is 9. The lowest BCUT2D eigenvalue weighted by Gasteiger charge is -2.21. The molecule has 9 nitrogen and oxygen atoms in total. The maximum absolute atomic E-state index is 13.5. The van der Waals surface area contributed by atoms with E-state index in [1.54, 1.807) is 18.2 Å². The Hall–Kier alpha value is -3.40. The third-order valence-electron chi connectivity index (χ3n) is 5.63. The fourth-order valence-electron chi connectivity index (χ4n) is 3.46. The van der Waals surface area contributed by atoms with E-state index in [1.807, 2.05) is 45.0 Å². The summed E-state index contributed by atoms with van der Waals surface area (Å²) in [5.41, 5.74) is 1.01. The molecule has 0 saturated heterocycles. The third kappa shape index (κ3) is 6.19. The lowest BCUT2D eigenvalue weighted by Crippen LogP contribution is -2.46. The van der Waals surface area contributed by atoms with Crippen LogP contribution in [-0.2, 0) is 11.3 Å². The number of aromatic nitrogens is 3. The normalized spacial score (nSPS) is 12.9. The van der Waals surface area contributed by atoms with Crippen LogP contribution in [-0.4, -0.2) is 31.3 Å². The fourth-order valence-corrected chi connectivity index (χ4v) is 3.93. The molecule has 0 saturated carbocycles. The molecule has 0 amide bonds. The van der Waals surface area contributed by atoms with Crippen LogP contribution in [0, 0.1) is 12.8 Å². The molecule has 186 valence electrons. The van der Waals surface area contributed by atoms with Crippen molar-refractivity contribution >= 4 is 33.5 Å². The van der Waals surface area contributed by atoms with Crippen LogP contribution in [0.25, 0.3) is 0 Å². The molecule has 3 rings (SSSR count). The molecule has 2 N–H and O–H groups in total. The Morgan fingerprint density at radius 3 is 2.34 bits per heavy atom. The van der Waals surface area contributed by atoms with Gasteiger partial charge < -0.3 is 15.2 Å². The zero-order valence-corrected chi connectivity index (χ0v) is 21.9. The van der Waals surface area contributed by atoms with Crippen molar-refractivity contribution in [1.29, 1.82) is 0 Å². The molecule has 0 radical (unpaired) electrons. The topological polar surface area (TPSA) is 115 Å². The van der Waals surface area contributed by atoms with Crippen LogP contribution in [0.3, 0.4) is 0 Å². The summed E-state index contributed by atoms with van der Waals surface area (Å²) in [6.07, 6.45) is -0.00533. The average molecular weight is 545 g/mol. The number of hydrogen-bond acceptors (Lipinski definition) is 6. The molecule has 0 unspecified atom stereocenters. The molecule has 0 spiro atoms. The summed E-state index contributed by atoms with van der Waals surface area (Å²) < 4.78 is 8.67. The van der Waals surface area contributed by atoms with Gasteiger partial charge in [-0.05, 0) is 74.3 Å². The number of anilines is 2. The number of carbonyl (C=O) groups is 1. The molecular weight excluding hydrogens is 516 g/mol. The first-order valence-corrected chi connectivity index (χ1v) is 12.0. The minimum atomic E-state index is -1.11. The number of nitrogens with zero attached hydrogens (tertiary/aromatic N) is 3. The zero-order valence-electron chi connectivity index (χ0n) is 20.3. The van der Waals surface area contributed by atoms with Crippen LogP contribution in [0.4, 0.5) is 11.6 Å². The summed E-state index contributed by atoms with van der Waals surface area (Å²) in [5.74, 6) is -1.36. The number of hydrogen-bond donors (Lipinski definition) is 2. The van der Waals surface area contributed by atoms with Gasteiger partial charge in [0.2, 0.25) is 5.95 Å². The molecule has 0 bridgehead atoms. The van der Waals surface area contributed by atoms with Crippen molar-refractivity contribution in [2.45, 2.75) is 53.3 Å². The second-order valence-corrected chi connectivity index (χ2v) is 9.60. The minimum absolute atomic E-state index is 0.00533. The second kappa shape index (κ2) is 10.9. The summed E-state index contributed by atoms with van der Waals surface area (Å²) in [6, 6.07) is 12.0. The van der Waals surface area contributed by atoms with E-state index in [4.69, 9.17) is 4.74 Å². The van der Waals surface area contributed by atoms with Crippen LogP contribution in [0.1, 0.15) is 44.9 Å². The molecule has 2 atom stereocenters. The first-order chi connectivity index (χ1) is 16.5. The predicted octanol–water partition coefficient (Wildman–Crippen LogP) is 4.34. The van der Waals surface area contributed by atoms with Gasteiger partial charge in [-0.15, -0.1) is 0 Å². The Bertz CT molecular complexity index is 1330. The Balaban J connectivity index is 2.10. The molecule has 1 aromatic heterocycles. The van der Waals surface area contributed by atoms with E-state index in [1.165, 1.54) is 18.4 Å². The molecule has 1 heterocycles. The highest BCUT2D eigenvalue weighted by atomic mass is 79.9. The summed E-state index contributed by atoms with van der Waals surface area (Å²) in [7, 11) is 0. The summed E-state index contributed by atoms with van der Waals surface area (Å²) in [6.45, 7) is 8.93. The van der Waals surface area contributed by atoms with E-state index in [0.29, 0.717) is 15.9 Å². The third-order valence-corrected chi connectivity index (χ3v) is 6.25. The van der Waals surface area contributed by atoms with Crippen molar-refractivity contribution in [1.82, 2.24) is 14.1 Å². The molecule has 0 aliphatic rings. The highest BCUT2D eigenvalue weighted by molar-refractivity contribution is 9.10. The van der Waals surface area contributed by atoms with Crippen LogP contribution in [0.5, 0.6) is 5.75 Å². The fraction of sp³-hybridized carbons (Fsp3) is 0.360. The van der Waals surface area contributed by atoms with Gasteiger partial charge in [0.1, 0.15) is 5.75 Å². The first kappa shape index (κ1) is 26.2. The van der Waals surface area contributed by atoms with Crippen molar-refractivity contribution in [3.05, 3.63) is 79.0 Å². The van der Waals surface area contributed by atoms with Gasteiger partial charge in [-0.2, -0.15) is 4.98 Å². The highest BCUT2D eigenvalue weighted by Crippen LogP contribution is 2.30. The molecule has 0 aliphatic heterocycles. The number of carboxylic acids is 1.